The van der Waals surface area contributed by atoms with Gasteiger partial charge in [0.1, 0.15) is 11.9 Å². The molecule has 1 aliphatic heterocycles. The number of carbonyl (C=O) groups is 2. The van der Waals surface area contributed by atoms with Crippen LogP contribution < -0.4 is 4.74 Å². The van der Waals surface area contributed by atoms with Crippen molar-refractivity contribution in [2.45, 2.75) is 31.0 Å². The molecule has 2 aromatic carbocycles. The molecule has 0 bridgehead atoms. The summed E-state index contributed by atoms with van der Waals surface area (Å²) in [7, 11) is -0.154. The Hall–Kier alpha value is -2.73. The van der Waals surface area contributed by atoms with Gasteiger partial charge in [-0.1, -0.05) is 18.2 Å². The van der Waals surface area contributed by atoms with Crippen LogP contribution in [0.2, 0.25) is 0 Å². The SMILES string of the molecule is COC(=O)[C@@H]1OC(c2ccc3cc(OC)ccc3c2)([C@H](C)OS(C)(=O)=O)O[C@H]1C(=O)OC. The quantitative estimate of drug-likeness (QED) is 0.436. The van der Waals surface area contributed by atoms with Crippen molar-refractivity contribution in [2.75, 3.05) is 27.6 Å². The van der Waals surface area contributed by atoms with E-state index in [1.807, 2.05) is 6.07 Å². The molecule has 0 radical (unpaired) electrons. The number of esters is 2. The van der Waals surface area contributed by atoms with Gasteiger partial charge in [0.15, 0.2) is 12.2 Å². The fourth-order valence-corrected chi connectivity index (χ4v) is 4.21. The highest BCUT2D eigenvalue weighted by Gasteiger charge is 2.59. The zero-order valence-corrected chi connectivity index (χ0v) is 19.0. The zero-order chi connectivity index (χ0) is 23.7. The largest absolute Gasteiger partial charge is 0.497 e. The first-order chi connectivity index (χ1) is 15.0. The molecule has 0 aromatic heterocycles. The highest BCUT2D eigenvalue weighted by atomic mass is 32.2. The third-order valence-corrected chi connectivity index (χ3v) is 5.69. The maximum Gasteiger partial charge on any atom is 0.338 e. The van der Waals surface area contributed by atoms with Gasteiger partial charge in [0.25, 0.3) is 10.1 Å². The lowest BCUT2D eigenvalue weighted by atomic mass is 9.97. The number of methoxy groups -OCH3 is 3. The fraction of sp³-hybridized carbons (Fsp3) is 0.429. The van der Waals surface area contributed by atoms with E-state index < -0.39 is 46.2 Å². The number of carbonyl (C=O) groups excluding carboxylic acids is 2. The minimum atomic E-state index is -3.95. The topological polar surface area (TPSA) is 124 Å². The van der Waals surface area contributed by atoms with Gasteiger partial charge in [-0.25, -0.2) is 9.59 Å². The zero-order valence-electron chi connectivity index (χ0n) is 18.2. The van der Waals surface area contributed by atoms with Crippen molar-refractivity contribution in [3.8, 4) is 5.75 Å². The van der Waals surface area contributed by atoms with Crippen LogP contribution in [-0.4, -0.2) is 66.3 Å². The van der Waals surface area contributed by atoms with Gasteiger partial charge in [-0.05, 0) is 35.9 Å². The molecule has 1 heterocycles. The fourth-order valence-electron chi connectivity index (χ4n) is 3.56. The number of hydrogen-bond acceptors (Lipinski definition) is 10. The van der Waals surface area contributed by atoms with Crippen LogP contribution in [0.15, 0.2) is 36.4 Å². The van der Waals surface area contributed by atoms with Crippen molar-refractivity contribution < 1.29 is 45.9 Å². The van der Waals surface area contributed by atoms with Crippen LogP contribution >= 0.6 is 0 Å². The summed E-state index contributed by atoms with van der Waals surface area (Å²) in [4.78, 5) is 24.7. The van der Waals surface area contributed by atoms with Crippen molar-refractivity contribution in [2.24, 2.45) is 0 Å². The summed E-state index contributed by atoms with van der Waals surface area (Å²) < 4.78 is 55.4. The third-order valence-electron chi connectivity index (χ3n) is 5.05. The van der Waals surface area contributed by atoms with Crippen LogP contribution in [-0.2, 0) is 48.6 Å². The molecule has 32 heavy (non-hydrogen) atoms. The lowest BCUT2D eigenvalue weighted by Gasteiger charge is -2.33. The van der Waals surface area contributed by atoms with Crippen LogP contribution in [0.3, 0.4) is 0 Å². The third kappa shape index (κ3) is 4.56. The van der Waals surface area contributed by atoms with E-state index in [-0.39, 0.29) is 0 Å². The molecule has 1 saturated heterocycles. The first-order valence-corrected chi connectivity index (χ1v) is 11.3. The molecule has 174 valence electrons. The number of fused-ring (bicyclic) bond motifs is 1. The Labute approximate surface area is 185 Å². The van der Waals surface area contributed by atoms with Crippen molar-refractivity contribution in [3.63, 3.8) is 0 Å². The van der Waals surface area contributed by atoms with Crippen molar-refractivity contribution >= 4 is 32.8 Å². The summed E-state index contributed by atoms with van der Waals surface area (Å²) in [5, 5.41) is 1.57. The molecular weight excluding hydrogens is 444 g/mol. The molecule has 1 aliphatic rings. The summed E-state index contributed by atoms with van der Waals surface area (Å²) in [5.74, 6) is -3.06. The summed E-state index contributed by atoms with van der Waals surface area (Å²) in [6.07, 6.45) is -3.43. The predicted molar refractivity (Wildman–Crippen MR) is 111 cm³/mol. The van der Waals surface area contributed by atoms with Gasteiger partial charge in [-0.3, -0.25) is 4.18 Å². The molecule has 3 atom stereocenters. The summed E-state index contributed by atoms with van der Waals surface area (Å²) in [6, 6.07) is 10.4. The molecule has 0 spiro atoms. The minimum absolute atomic E-state index is 0.326. The van der Waals surface area contributed by atoms with Crippen LogP contribution in [0, 0.1) is 0 Å². The number of ether oxygens (including phenoxy) is 5. The van der Waals surface area contributed by atoms with Gasteiger partial charge in [0.05, 0.1) is 27.6 Å². The Morgan fingerprint density at radius 3 is 1.97 bits per heavy atom. The Balaban J connectivity index is 2.16. The normalized spacial score (nSPS) is 21.2. The lowest BCUT2D eigenvalue weighted by Crippen LogP contribution is -2.43. The summed E-state index contributed by atoms with van der Waals surface area (Å²) in [5.41, 5.74) is 0.326. The van der Waals surface area contributed by atoms with E-state index in [1.54, 1.807) is 37.4 Å². The molecule has 3 rings (SSSR count). The lowest BCUT2D eigenvalue weighted by molar-refractivity contribution is -0.233. The second-order valence-corrected chi connectivity index (χ2v) is 8.76. The Morgan fingerprint density at radius 2 is 1.47 bits per heavy atom. The van der Waals surface area contributed by atoms with Crippen molar-refractivity contribution in [1.82, 2.24) is 0 Å². The Kier molecular flexibility index (Phi) is 6.75. The number of benzene rings is 2. The van der Waals surface area contributed by atoms with Gasteiger partial charge in [-0.15, -0.1) is 0 Å². The smallest absolute Gasteiger partial charge is 0.338 e. The van der Waals surface area contributed by atoms with Gasteiger partial charge >= 0.3 is 11.9 Å². The van der Waals surface area contributed by atoms with Crippen molar-refractivity contribution in [3.05, 3.63) is 42.0 Å². The molecule has 0 amide bonds. The molecule has 11 heteroatoms. The second-order valence-electron chi connectivity index (χ2n) is 7.16. The van der Waals surface area contributed by atoms with Crippen molar-refractivity contribution in [1.29, 1.82) is 0 Å². The molecule has 0 unspecified atom stereocenters. The van der Waals surface area contributed by atoms with E-state index in [1.165, 1.54) is 6.92 Å². The molecular formula is C21H24O10S. The van der Waals surface area contributed by atoms with E-state index >= 15 is 0 Å². The monoisotopic (exact) mass is 468 g/mol. The molecule has 0 aliphatic carbocycles. The van der Waals surface area contributed by atoms with E-state index in [0.29, 0.717) is 11.3 Å². The van der Waals surface area contributed by atoms with E-state index in [9.17, 15) is 18.0 Å². The highest BCUT2D eigenvalue weighted by Crippen LogP contribution is 2.44. The van der Waals surface area contributed by atoms with Crippen LogP contribution in [0.1, 0.15) is 12.5 Å². The van der Waals surface area contributed by atoms with Crippen LogP contribution in [0.25, 0.3) is 10.8 Å². The predicted octanol–water partition coefficient (Wildman–Crippen LogP) is 1.50. The number of rotatable bonds is 7. The molecule has 0 N–H and O–H groups in total. The Bertz CT molecular complexity index is 1100. The molecule has 0 saturated carbocycles. The minimum Gasteiger partial charge on any atom is -0.497 e. The van der Waals surface area contributed by atoms with E-state index in [0.717, 1.165) is 31.2 Å². The van der Waals surface area contributed by atoms with Gasteiger partial charge < -0.3 is 23.7 Å². The van der Waals surface area contributed by atoms with Crippen LogP contribution in [0.4, 0.5) is 0 Å². The first kappa shape index (κ1) is 23.9. The van der Waals surface area contributed by atoms with Gasteiger partial charge in [0.2, 0.25) is 5.79 Å². The molecule has 10 nitrogen and oxygen atoms in total. The van der Waals surface area contributed by atoms with Gasteiger partial charge in [0, 0.05) is 5.56 Å². The molecule has 1 fully saturated rings. The average Bonchev–Trinajstić information content (AvgIpc) is 3.18. The summed E-state index contributed by atoms with van der Waals surface area (Å²) in [6.45, 7) is 1.40. The highest BCUT2D eigenvalue weighted by molar-refractivity contribution is 7.86. The maximum absolute atomic E-state index is 12.3. The maximum atomic E-state index is 12.3. The summed E-state index contributed by atoms with van der Waals surface area (Å²) >= 11 is 0. The first-order valence-electron chi connectivity index (χ1n) is 9.52. The van der Waals surface area contributed by atoms with Gasteiger partial charge in [-0.2, -0.15) is 8.42 Å². The standard InChI is InChI=1S/C21H24O10S/c1-12(31-32(5,24)25)21(29-17(19(22)27-3)18(30-21)20(23)28-4)15-8-6-14-11-16(26-2)9-7-13(14)10-15/h6-12,17-18H,1-5H3/t12-,17+,18+/m0/s1. The second kappa shape index (κ2) is 9.02. The average molecular weight is 468 g/mol. The molecule has 2 aromatic rings. The van der Waals surface area contributed by atoms with E-state index in [4.69, 9.17) is 27.9 Å². The van der Waals surface area contributed by atoms with E-state index in [2.05, 4.69) is 0 Å². The number of hydrogen-bond donors (Lipinski definition) is 0. The van der Waals surface area contributed by atoms with Crippen LogP contribution in [0.5, 0.6) is 5.75 Å². The Morgan fingerprint density at radius 1 is 0.938 bits per heavy atom.